The Morgan fingerprint density at radius 3 is 2.46 bits per heavy atom. The molecule has 1 unspecified atom stereocenters. The molecule has 1 atom stereocenters. The number of halogens is 1. The number of aromatic amines is 1. The molecular weight excluding hydrogens is 346 g/mol. The lowest BCUT2D eigenvalue weighted by atomic mass is 9.90. The van der Waals surface area contributed by atoms with Crippen molar-refractivity contribution in [1.82, 2.24) is 15.1 Å². The zero-order valence-corrected chi connectivity index (χ0v) is 16.6. The van der Waals surface area contributed by atoms with Gasteiger partial charge in [-0.2, -0.15) is 5.10 Å². The second-order valence-electron chi connectivity index (χ2n) is 7.89. The van der Waals surface area contributed by atoms with E-state index in [0.717, 1.165) is 43.4 Å². The summed E-state index contributed by atoms with van der Waals surface area (Å²) in [5.41, 5.74) is 5.78. The fraction of sp³-hybridized carbons (Fsp3) is 0.524. The number of fused-ring (bicyclic) bond motifs is 1. The van der Waals surface area contributed by atoms with E-state index in [1.807, 2.05) is 12.1 Å². The number of hydrogen-bond donors (Lipinski definition) is 1. The van der Waals surface area contributed by atoms with Crippen LogP contribution in [0.25, 0.3) is 0 Å². The van der Waals surface area contributed by atoms with Gasteiger partial charge in [0.05, 0.1) is 5.69 Å². The van der Waals surface area contributed by atoms with Crippen LogP contribution in [0.4, 0.5) is 0 Å². The van der Waals surface area contributed by atoms with E-state index in [0.29, 0.717) is 18.0 Å². The minimum atomic E-state index is 0. The van der Waals surface area contributed by atoms with Gasteiger partial charge in [-0.1, -0.05) is 26.0 Å². The van der Waals surface area contributed by atoms with Crippen LogP contribution in [0.5, 0.6) is 0 Å². The maximum atomic E-state index is 13.2. The zero-order valence-electron chi connectivity index (χ0n) is 15.8. The number of amides is 1. The first-order valence-corrected chi connectivity index (χ1v) is 9.50. The highest BCUT2D eigenvalue weighted by molar-refractivity contribution is 5.95. The highest BCUT2D eigenvalue weighted by Gasteiger charge is 2.39. The van der Waals surface area contributed by atoms with Gasteiger partial charge < -0.3 is 4.90 Å². The van der Waals surface area contributed by atoms with Crippen molar-refractivity contribution >= 4 is 18.3 Å². The molecule has 26 heavy (non-hydrogen) atoms. The summed E-state index contributed by atoms with van der Waals surface area (Å²) in [4.78, 5) is 15.4. The number of rotatable bonds is 4. The molecule has 140 valence electrons. The lowest BCUT2D eigenvalue weighted by Gasteiger charge is -2.34. The van der Waals surface area contributed by atoms with Crippen LogP contribution in [0.1, 0.15) is 71.9 Å². The van der Waals surface area contributed by atoms with Gasteiger partial charge in [0.1, 0.15) is 0 Å². The Bertz CT molecular complexity index is 777. The predicted octanol–water partition coefficient (Wildman–Crippen LogP) is 4.43. The SMILES string of the molecule is Cc1[nH]nc2c1CC(N(C(=O)c1ccc(C(C)C)cc1)C1CC1)CC2.Cl. The summed E-state index contributed by atoms with van der Waals surface area (Å²) < 4.78 is 0. The number of aromatic nitrogens is 2. The lowest BCUT2D eigenvalue weighted by Crippen LogP contribution is -2.45. The molecule has 1 N–H and O–H groups in total. The Hall–Kier alpha value is -1.81. The Kier molecular flexibility index (Phi) is 5.42. The molecule has 1 fully saturated rings. The second-order valence-corrected chi connectivity index (χ2v) is 7.89. The van der Waals surface area contributed by atoms with Gasteiger partial charge in [0, 0.05) is 23.3 Å². The summed E-state index contributed by atoms with van der Waals surface area (Å²) in [5, 5.41) is 7.52. The molecule has 0 radical (unpaired) electrons. The molecule has 2 aliphatic carbocycles. The molecule has 0 bridgehead atoms. The lowest BCUT2D eigenvalue weighted by molar-refractivity contribution is 0.0642. The van der Waals surface area contributed by atoms with Gasteiger partial charge in [0.15, 0.2) is 0 Å². The Labute approximate surface area is 161 Å². The Morgan fingerprint density at radius 1 is 1.15 bits per heavy atom. The van der Waals surface area contributed by atoms with E-state index in [1.54, 1.807) is 0 Å². The van der Waals surface area contributed by atoms with Crippen molar-refractivity contribution in [2.24, 2.45) is 0 Å². The van der Waals surface area contributed by atoms with Crippen LogP contribution in [0, 0.1) is 6.92 Å². The topological polar surface area (TPSA) is 49.0 Å². The normalized spacial score (nSPS) is 19.0. The van der Waals surface area contributed by atoms with Gasteiger partial charge in [-0.15, -0.1) is 12.4 Å². The van der Waals surface area contributed by atoms with E-state index in [2.05, 4.69) is 48.0 Å². The van der Waals surface area contributed by atoms with Gasteiger partial charge >= 0.3 is 0 Å². The largest absolute Gasteiger partial charge is 0.332 e. The van der Waals surface area contributed by atoms with Gasteiger partial charge in [-0.25, -0.2) is 0 Å². The van der Waals surface area contributed by atoms with Gasteiger partial charge in [0.2, 0.25) is 0 Å². The molecule has 2 aliphatic rings. The monoisotopic (exact) mass is 373 g/mol. The first kappa shape index (κ1) is 19.0. The third-order valence-electron chi connectivity index (χ3n) is 5.71. The fourth-order valence-corrected chi connectivity index (χ4v) is 4.00. The summed E-state index contributed by atoms with van der Waals surface area (Å²) in [6, 6.07) is 8.93. The number of carbonyl (C=O) groups is 1. The number of H-pyrrole nitrogens is 1. The van der Waals surface area contributed by atoms with Crippen LogP contribution in [0.2, 0.25) is 0 Å². The molecule has 1 saturated carbocycles. The first-order chi connectivity index (χ1) is 12.0. The summed E-state index contributed by atoms with van der Waals surface area (Å²) in [6.45, 7) is 6.45. The fourth-order valence-electron chi connectivity index (χ4n) is 4.00. The van der Waals surface area contributed by atoms with Crippen LogP contribution in [-0.2, 0) is 12.8 Å². The molecule has 4 nitrogen and oxygen atoms in total. The number of nitrogens with one attached hydrogen (secondary N) is 1. The van der Waals surface area contributed by atoms with Crippen molar-refractivity contribution in [2.75, 3.05) is 0 Å². The number of carbonyl (C=O) groups excluding carboxylic acids is 1. The minimum absolute atomic E-state index is 0. The van der Waals surface area contributed by atoms with Crippen molar-refractivity contribution in [2.45, 2.75) is 70.9 Å². The summed E-state index contributed by atoms with van der Waals surface area (Å²) in [5.74, 6) is 0.692. The summed E-state index contributed by atoms with van der Waals surface area (Å²) >= 11 is 0. The Balaban J connectivity index is 0.00000196. The third-order valence-corrected chi connectivity index (χ3v) is 5.71. The molecule has 5 heteroatoms. The summed E-state index contributed by atoms with van der Waals surface area (Å²) in [6.07, 6.45) is 5.20. The highest BCUT2D eigenvalue weighted by atomic mass is 35.5. The average Bonchev–Trinajstić information content (AvgIpc) is 3.38. The van der Waals surface area contributed by atoms with E-state index < -0.39 is 0 Å². The zero-order chi connectivity index (χ0) is 17.6. The van der Waals surface area contributed by atoms with Crippen LogP contribution < -0.4 is 0 Å². The third kappa shape index (κ3) is 3.52. The first-order valence-electron chi connectivity index (χ1n) is 9.50. The maximum Gasteiger partial charge on any atom is 0.254 e. The van der Waals surface area contributed by atoms with Gasteiger partial charge in [-0.05, 0) is 68.2 Å². The van der Waals surface area contributed by atoms with Crippen molar-refractivity contribution in [3.8, 4) is 0 Å². The maximum absolute atomic E-state index is 13.2. The van der Waals surface area contributed by atoms with E-state index in [9.17, 15) is 4.79 Å². The standard InChI is InChI=1S/C21H27N3O.ClH/c1-13(2)15-4-6-16(7-5-15)21(25)24(17-8-9-17)18-10-11-20-19(12-18)14(3)22-23-20;/h4-7,13,17-18H,8-12H2,1-3H3,(H,22,23);1H. The second kappa shape index (κ2) is 7.43. The van der Waals surface area contributed by atoms with Crippen molar-refractivity contribution in [1.29, 1.82) is 0 Å². The van der Waals surface area contributed by atoms with E-state index in [1.165, 1.54) is 16.8 Å². The number of aryl methyl sites for hydroxylation is 2. The van der Waals surface area contributed by atoms with Crippen molar-refractivity contribution in [3.05, 3.63) is 52.3 Å². The van der Waals surface area contributed by atoms with E-state index >= 15 is 0 Å². The van der Waals surface area contributed by atoms with Crippen LogP contribution in [0.15, 0.2) is 24.3 Å². The summed E-state index contributed by atoms with van der Waals surface area (Å²) in [7, 11) is 0. The van der Waals surface area contributed by atoms with Gasteiger partial charge in [-0.3, -0.25) is 9.89 Å². The van der Waals surface area contributed by atoms with Crippen LogP contribution >= 0.6 is 12.4 Å². The van der Waals surface area contributed by atoms with E-state index in [4.69, 9.17) is 0 Å². The van der Waals surface area contributed by atoms with Gasteiger partial charge in [0.25, 0.3) is 5.91 Å². The molecule has 2 aromatic rings. The number of benzene rings is 1. The molecule has 4 rings (SSSR count). The van der Waals surface area contributed by atoms with Crippen LogP contribution in [-0.4, -0.2) is 33.1 Å². The average molecular weight is 374 g/mol. The number of hydrogen-bond acceptors (Lipinski definition) is 2. The van der Waals surface area contributed by atoms with Crippen molar-refractivity contribution in [3.63, 3.8) is 0 Å². The molecule has 0 aliphatic heterocycles. The highest BCUT2D eigenvalue weighted by Crippen LogP contribution is 2.35. The predicted molar refractivity (Wildman–Crippen MR) is 106 cm³/mol. The smallest absolute Gasteiger partial charge is 0.254 e. The molecular formula is C21H28ClN3O. The quantitative estimate of drug-likeness (QED) is 0.862. The number of nitrogens with zero attached hydrogens (tertiary/aromatic N) is 2. The van der Waals surface area contributed by atoms with Crippen molar-refractivity contribution < 1.29 is 4.79 Å². The Morgan fingerprint density at radius 2 is 1.85 bits per heavy atom. The minimum Gasteiger partial charge on any atom is -0.332 e. The van der Waals surface area contributed by atoms with Crippen LogP contribution in [0.3, 0.4) is 0 Å². The molecule has 1 aromatic heterocycles. The molecule has 0 saturated heterocycles. The molecule has 1 heterocycles. The van der Waals surface area contributed by atoms with E-state index in [-0.39, 0.29) is 18.3 Å². The molecule has 1 amide bonds. The molecule has 0 spiro atoms. The molecule has 1 aromatic carbocycles.